The average Bonchev–Trinajstić information content (AvgIpc) is 2.26. The fourth-order valence-electron chi connectivity index (χ4n) is 1.40. The highest BCUT2D eigenvalue weighted by Gasteiger charge is 2.35. The number of sulfonamides is 1. The van der Waals surface area contributed by atoms with Crippen molar-refractivity contribution in [2.75, 3.05) is 26.0 Å². The van der Waals surface area contributed by atoms with Crippen molar-refractivity contribution in [2.24, 2.45) is 0 Å². The topological polar surface area (TPSA) is 49.4 Å². The van der Waals surface area contributed by atoms with Crippen molar-refractivity contribution in [3.8, 4) is 0 Å². The zero-order valence-electron chi connectivity index (χ0n) is 9.82. The molecule has 102 valence electrons. The van der Waals surface area contributed by atoms with Crippen molar-refractivity contribution in [3.05, 3.63) is 24.3 Å². The molecule has 0 spiro atoms. The van der Waals surface area contributed by atoms with Crippen LogP contribution in [-0.2, 0) is 10.0 Å². The van der Waals surface area contributed by atoms with Gasteiger partial charge in [0.25, 0.3) is 0 Å². The summed E-state index contributed by atoms with van der Waals surface area (Å²) in [6.45, 7) is -1.52. The zero-order valence-corrected chi connectivity index (χ0v) is 10.6. The van der Waals surface area contributed by atoms with Crippen LogP contribution >= 0.6 is 0 Å². The van der Waals surface area contributed by atoms with Crippen LogP contribution in [0.4, 0.5) is 18.9 Å². The van der Waals surface area contributed by atoms with Crippen molar-refractivity contribution in [2.45, 2.75) is 11.1 Å². The first kappa shape index (κ1) is 14.8. The Morgan fingerprint density at radius 3 is 2.33 bits per heavy atom. The first-order valence-corrected chi connectivity index (χ1v) is 6.42. The number of nitrogens with one attached hydrogen (secondary N) is 1. The Labute approximate surface area is 103 Å². The van der Waals surface area contributed by atoms with Crippen molar-refractivity contribution < 1.29 is 21.6 Å². The van der Waals surface area contributed by atoms with Gasteiger partial charge in [0.1, 0.15) is 11.4 Å². The minimum absolute atomic E-state index is 0.181. The van der Waals surface area contributed by atoms with E-state index >= 15 is 0 Å². The predicted molar refractivity (Wildman–Crippen MR) is 61.9 cm³/mol. The summed E-state index contributed by atoms with van der Waals surface area (Å²) in [6, 6.07) is 5.78. The molecule has 8 heteroatoms. The molecule has 1 aromatic rings. The molecule has 1 N–H and O–H groups in total. The Balaban J connectivity index is 3.14. The lowest BCUT2D eigenvalue weighted by Gasteiger charge is -2.20. The van der Waals surface area contributed by atoms with Crippen LogP contribution in [0.1, 0.15) is 0 Å². The third-order valence-electron chi connectivity index (χ3n) is 2.25. The number of para-hydroxylation sites is 1. The highest BCUT2D eigenvalue weighted by Crippen LogP contribution is 2.25. The van der Waals surface area contributed by atoms with Crippen LogP contribution in [0.25, 0.3) is 0 Å². The Bertz CT molecular complexity index is 514. The lowest BCUT2D eigenvalue weighted by molar-refractivity contribution is -0.134. The zero-order chi connectivity index (χ0) is 14.0. The van der Waals surface area contributed by atoms with Gasteiger partial charge >= 0.3 is 6.18 Å². The van der Waals surface area contributed by atoms with Crippen LogP contribution in [0.15, 0.2) is 29.2 Å². The number of halogens is 3. The molecule has 0 aliphatic carbocycles. The van der Waals surface area contributed by atoms with Crippen LogP contribution in [0, 0.1) is 0 Å². The minimum atomic E-state index is -4.57. The van der Waals surface area contributed by atoms with E-state index in [2.05, 4.69) is 5.32 Å². The van der Waals surface area contributed by atoms with Gasteiger partial charge in [0.05, 0.1) is 5.69 Å². The summed E-state index contributed by atoms with van der Waals surface area (Å²) in [6.07, 6.45) is -4.57. The summed E-state index contributed by atoms with van der Waals surface area (Å²) in [5.41, 5.74) is 0.256. The Kier molecular flexibility index (Phi) is 4.23. The van der Waals surface area contributed by atoms with E-state index in [0.29, 0.717) is 0 Å². The smallest absolute Gasteiger partial charge is 0.387 e. The van der Waals surface area contributed by atoms with Gasteiger partial charge in [-0.2, -0.15) is 17.5 Å². The first-order valence-electron chi connectivity index (χ1n) is 4.98. The van der Waals surface area contributed by atoms with Crippen LogP contribution in [0.5, 0.6) is 0 Å². The molecule has 0 heterocycles. The van der Waals surface area contributed by atoms with E-state index < -0.39 is 22.7 Å². The SMILES string of the molecule is CNc1ccccc1S(=O)(=O)N(C)CC(F)(F)F. The van der Waals surface area contributed by atoms with E-state index in [9.17, 15) is 21.6 Å². The van der Waals surface area contributed by atoms with Gasteiger partial charge in [0.2, 0.25) is 10.0 Å². The van der Waals surface area contributed by atoms with E-state index in [1.54, 1.807) is 6.07 Å². The van der Waals surface area contributed by atoms with Gasteiger partial charge in [-0.25, -0.2) is 8.42 Å². The summed E-state index contributed by atoms with van der Waals surface area (Å²) < 4.78 is 60.9. The van der Waals surface area contributed by atoms with E-state index in [1.807, 2.05) is 0 Å². The number of nitrogens with zero attached hydrogens (tertiary/aromatic N) is 1. The van der Waals surface area contributed by atoms with E-state index in [1.165, 1.54) is 25.2 Å². The van der Waals surface area contributed by atoms with Gasteiger partial charge in [-0.1, -0.05) is 12.1 Å². The molecule has 0 fully saturated rings. The molecular formula is C10H13F3N2O2S. The van der Waals surface area contributed by atoms with Gasteiger partial charge in [0.15, 0.2) is 0 Å². The first-order chi connectivity index (χ1) is 8.18. The fourth-order valence-corrected chi connectivity index (χ4v) is 2.75. The van der Waals surface area contributed by atoms with Gasteiger partial charge < -0.3 is 5.32 Å². The fraction of sp³-hybridized carbons (Fsp3) is 0.400. The third-order valence-corrected chi connectivity index (χ3v) is 4.11. The molecule has 0 saturated heterocycles. The highest BCUT2D eigenvalue weighted by atomic mass is 32.2. The van der Waals surface area contributed by atoms with E-state index in [-0.39, 0.29) is 14.9 Å². The number of hydrogen-bond acceptors (Lipinski definition) is 3. The van der Waals surface area contributed by atoms with E-state index in [4.69, 9.17) is 0 Å². The van der Waals surface area contributed by atoms with Gasteiger partial charge in [-0.15, -0.1) is 0 Å². The van der Waals surface area contributed by atoms with Crippen LogP contribution in [-0.4, -0.2) is 39.5 Å². The van der Waals surface area contributed by atoms with Gasteiger partial charge in [0, 0.05) is 14.1 Å². The molecule has 0 aliphatic rings. The Morgan fingerprint density at radius 1 is 1.28 bits per heavy atom. The number of rotatable bonds is 4. The molecule has 0 atom stereocenters. The maximum absolute atomic E-state index is 12.2. The van der Waals surface area contributed by atoms with Crippen molar-refractivity contribution in [1.82, 2.24) is 4.31 Å². The van der Waals surface area contributed by atoms with E-state index in [0.717, 1.165) is 7.05 Å². The molecular weight excluding hydrogens is 269 g/mol. The van der Waals surface area contributed by atoms with Crippen LogP contribution in [0.3, 0.4) is 0 Å². The number of anilines is 1. The second-order valence-electron chi connectivity index (χ2n) is 3.62. The maximum Gasteiger partial charge on any atom is 0.402 e. The second kappa shape index (κ2) is 5.15. The van der Waals surface area contributed by atoms with Crippen LogP contribution in [0.2, 0.25) is 0 Å². The molecule has 4 nitrogen and oxygen atoms in total. The molecule has 0 bridgehead atoms. The molecule has 0 radical (unpaired) electrons. The molecule has 0 amide bonds. The molecule has 0 saturated carbocycles. The lowest BCUT2D eigenvalue weighted by atomic mass is 10.3. The Hall–Kier alpha value is -1.28. The summed E-state index contributed by atoms with van der Waals surface area (Å²) >= 11 is 0. The summed E-state index contributed by atoms with van der Waals surface area (Å²) in [5.74, 6) is 0. The number of benzene rings is 1. The quantitative estimate of drug-likeness (QED) is 0.917. The summed E-state index contributed by atoms with van der Waals surface area (Å²) in [5, 5.41) is 2.63. The van der Waals surface area contributed by atoms with Crippen molar-refractivity contribution >= 4 is 15.7 Å². The number of hydrogen-bond donors (Lipinski definition) is 1. The van der Waals surface area contributed by atoms with Crippen molar-refractivity contribution in [1.29, 1.82) is 0 Å². The van der Waals surface area contributed by atoms with Gasteiger partial charge in [-0.3, -0.25) is 0 Å². The summed E-state index contributed by atoms with van der Waals surface area (Å²) in [4.78, 5) is -0.181. The minimum Gasteiger partial charge on any atom is -0.387 e. The summed E-state index contributed by atoms with van der Waals surface area (Å²) in [7, 11) is -1.77. The largest absolute Gasteiger partial charge is 0.402 e. The lowest BCUT2D eigenvalue weighted by Crippen LogP contribution is -2.36. The molecule has 0 unspecified atom stereocenters. The molecule has 0 aliphatic heterocycles. The van der Waals surface area contributed by atoms with Crippen LogP contribution < -0.4 is 5.32 Å². The Morgan fingerprint density at radius 2 is 1.83 bits per heavy atom. The number of alkyl halides is 3. The molecule has 1 rings (SSSR count). The average molecular weight is 282 g/mol. The normalized spacial score (nSPS) is 12.8. The molecule has 1 aromatic carbocycles. The second-order valence-corrected chi connectivity index (χ2v) is 5.64. The molecule has 0 aromatic heterocycles. The maximum atomic E-state index is 12.2. The van der Waals surface area contributed by atoms with Crippen molar-refractivity contribution in [3.63, 3.8) is 0 Å². The molecule has 18 heavy (non-hydrogen) atoms. The monoisotopic (exact) mass is 282 g/mol. The van der Waals surface area contributed by atoms with Gasteiger partial charge in [-0.05, 0) is 12.1 Å². The predicted octanol–water partition coefficient (Wildman–Crippen LogP) is 1.91. The third kappa shape index (κ3) is 3.36. The highest BCUT2D eigenvalue weighted by molar-refractivity contribution is 7.89. The standard InChI is InChI=1S/C10H13F3N2O2S/c1-14-8-5-3-4-6-9(8)18(16,17)15(2)7-10(11,12)13/h3-6,14H,7H2,1-2H3.